The van der Waals surface area contributed by atoms with Gasteiger partial charge in [-0.25, -0.2) is 0 Å². The summed E-state index contributed by atoms with van der Waals surface area (Å²) in [5, 5.41) is 3.01. The summed E-state index contributed by atoms with van der Waals surface area (Å²) >= 11 is 0. The maximum Gasteiger partial charge on any atom is 0.255 e. The standard InChI is InChI=1S/C22H22N2O3/c1-15(16-4-7-19(26-2)8-5-16)24-22(25)20-9-6-18(14-21(20)27-3)17-10-12-23-13-11-17/h4-15H,1-3H3,(H,24,25). The average molecular weight is 362 g/mol. The quantitative estimate of drug-likeness (QED) is 0.712. The molecule has 0 fully saturated rings. The Morgan fingerprint density at radius 2 is 1.63 bits per heavy atom. The van der Waals surface area contributed by atoms with E-state index in [0.29, 0.717) is 11.3 Å². The first-order valence-corrected chi connectivity index (χ1v) is 8.65. The van der Waals surface area contributed by atoms with Gasteiger partial charge in [-0.05, 0) is 60.0 Å². The molecule has 3 rings (SSSR count). The molecule has 5 nitrogen and oxygen atoms in total. The summed E-state index contributed by atoms with van der Waals surface area (Å²) in [6.07, 6.45) is 3.47. The zero-order valence-electron chi connectivity index (χ0n) is 15.6. The van der Waals surface area contributed by atoms with E-state index in [2.05, 4.69) is 10.3 Å². The van der Waals surface area contributed by atoms with Crippen LogP contribution in [0.2, 0.25) is 0 Å². The molecule has 1 heterocycles. The SMILES string of the molecule is COc1ccc(C(C)NC(=O)c2ccc(-c3ccncc3)cc2OC)cc1. The van der Waals surface area contributed by atoms with Crippen molar-refractivity contribution in [2.45, 2.75) is 13.0 Å². The lowest BCUT2D eigenvalue weighted by Crippen LogP contribution is -2.27. The first-order valence-electron chi connectivity index (χ1n) is 8.65. The van der Waals surface area contributed by atoms with Crippen molar-refractivity contribution >= 4 is 5.91 Å². The summed E-state index contributed by atoms with van der Waals surface area (Å²) in [4.78, 5) is 16.8. The predicted octanol–water partition coefficient (Wildman–Crippen LogP) is 4.26. The first-order chi connectivity index (χ1) is 13.1. The molecule has 3 aromatic rings. The number of rotatable bonds is 6. The fourth-order valence-corrected chi connectivity index (χ4v) is 2.85. The second kappa shape index (κ2) is 8.36. The van der Waals surface area contributed by atoms with Gasteiger partial charge in [-0.1, -0.05) is 18.2 Å². The normalized spacial score (nSPS) is 11.5. The minimum absolute atomic E-state index is 0.145. The highest BCUT2D eigenvalue weighted by Gasteiger charge is 2.16. The molecule has 138 valence electrons. The largest absolute Gasteiger partial charge is 0.497 e. The maximum absolute atomic E-state index is 12.8. The monoisotopic (exact) mass is 362 g/mol. The highest BCUT2D eigenvalue weighted by atomic mass is 16.5. The van der Waals surface area contributed by atoms with Gasteiger partial charge in [0.2, 0.25) is 0 Å². The molecule has 1 unspecified atom stereocenters. The molecule has 1 amide bonds. The van der Waals surface area contributed by atoms with Gasteiger partial charge in [0, 0.05) is 12.4 Å². The third kappa shape index (κ3) is 4.26. The molecule has 1 atom stereocenters. The molecule has 0 bridgehead atoms. The number of benzene rings is 2. The van der Waals surface area contributed by atoms with Gasteiger partial charge < -0.3 is 14.8 Å². The van der Waals surface area contributed by atoms with Gasteiger partial charge in [-0.15, -0.1) is 0 Å². The van der Waals surface area contributed by atoms with Crippen LogP contribution in [0.25, 0.3) is 11.1 Å². The van der Waals surface area contributed by atoms with Gasteiger partial charge in [0.1, 0.15) is 11.5 Å². The highest BCUT2D eigenvalue weighted by Crippen LogP contribution is 2.27. The average Bonchev–Trinajstić information content (AvgIpc) is 2.73. The Hall–Kier alpha value is -3.34. The van der Waals surface area contributed by atoms with E-state index in [9.17, 15) is 4.79 Å². The van der Waals surface area contributed by atoms with Gasteiger partial charge in [0.05, 0.1) is 25.8 Å². The number of hydrogen-bond acceptors (Lipinski definition) is 4. The number of nitrogens with one attached hydrogen (secondary N) is 1. The topological polar surface area (TPSA) is 60.5 Å². The van der Waals surface area contributed by atoms with Crippen molar-refractivity contribution in [3.05, 3.63) is 78.1 Å². The lowest BCUT2D eigenvalue weighted by Gasteiger charge is -2.16. The Labute approximate surface area is 159 Å². The lowest BCUT2D eigenvalue weighted by atomic mass is 10.0. The van der Waals surface area contributed by atoms with Gasteiger partial charge in [0.15, 0.2) is 0 Å². The Kier molecular flexibility index (Phi) is 5.71. The second-order valence-corrected chi connectivity index (χ2v) is 6.12. The van der Waals surface area contributed by atoms with Gasteiger partial charge in [-0.2, -0.15) is 0 Å². The van der Waals surface area contributed by atoms with E-state index in [0.717, 1.165) is 22.4 Å². The highest BCUT2D eigenvalue weighted by molar-refractivity contribution is 5.97. The number of carbonyl (C=O) groups excluding carboxylic acids is 1. The van der Waals surface area contributed by atoms with E-state index in [1.165, 1.54) is 0 Å². The number of amides is 1. The molecule has 0 aliphatic rings. The van der Waals surface area contributed by atoms with Crippen LogP contribution < -0.4 is 14.8 Å². The molecule has 5 heteroatoms. The second-order valence-electron chi connectivity index (χ2n) is 6.12. The number of methoxy groups -OCH3 is 2. The number of nitrogens with zero attached hydrogens (tertiary/aromatic N) is 1. The van der Waals surface area contributed by atoms with Crippen LogP contribution in [0, 0.1) is 0 Å². The van der Waals surface area contributed by atoms with Gasteiger partial charge in [-0.3, -0.25) is 9.78 Å². The molecule has 0 saturated carbocycles. The first kappa shape index (κ1) is 18.5. The number of carbonyl (C=O) groups is 1. The van der Waals surface area contributed by atoms with Crippen molar-refractivity contribution in [1.29, 1.82) is 0 Å². The van der Waals surface area contributed by atoms with Gasteiger partial charge in [0.25, 0.3) is 5.91 Å². The third-order valence-electron chi connectivity index (χ3n) is 4.42. The molecule has 0 spiro atoms. The van der Waals surface area contributed by atoms with Crippen LogP contribution in [0.1, 0.15) is 28.9 Å². The number of hydrogen-bond donors (Lipinski definition) is 1. The summed E-state index contributed by atoms with van der Waals surface area (Å²) in [6, 6.07) is 16.9. The number of pyridine rings is 1. The van der Waals surface area contributed by atoms with Crippen LogP contribution in [-0.4, -0.2) is 25.1 Å². The van der Waals surface area contributed by atoms with Crippen molar-refractivity contribution < 1.29 is 14.3 Å². The molecule has 1 aromatic heterocycles. The fourth-order valence-electron chi connectivity index (χ4n) is 2.85. The molecule has 1 N–H and O–H groups in total. The van der Waals surface area contributed by atoms with Crippen LogP contribution in [0.3, 0.4) is 0 Å². The molecular formula is C22H22N2O3. The molecule has 2 aromatic carbocycles. The van der Waals surface area contributed by atoms with E-state index in [1.807, 2.05) is 55.5 Å². The number of ether oxygens (including phenoxy) is 2. The van der Waals surface area contributed by atoms with Crippen molar-refractivity contribution in [2.24, 2.45) is 0 Å². The summed E-state index contributed by atoms with van der Waals surface area (Å²) in [7, 11) is 3.19. The van der Waals surface area contributed by atoms with Crippen LogP contribution in [0.5, 0.6) is 11.5 Å². The van der Waals surface area contributed by atoms with Crippen LogP contribution in [-0.2, 0) is 0 Å². The molecule has 27 heavy (non-hydrogen) atoms. The summed E-state index contributed by atoms with van der Waals surface area (Å²) < 4.78 is 10.6. The molecule has 0 aliphatic carbocycles. The molecule has 0 radical (unpaired) electrons. The van der Waals surface area contributed by atoms with Crippen molar-refractivity contribution in [3.8, 4) is 22.6 Å². The van der Waals surface area contributed by atoms with Gasteiger partial charge >= 0.3 is 0 Å². The summed E-state index contributed by atoms with van der Waals surface area (Å²) in [5.74, 6) is 1.13. The van der Waals surface area contributed by atoms with E-state index < -0.39 is 0 Å². The minimum Gasteiger partial charge on any atom is -0.497 e. The predicted molar refractivity (Wildman–Crippen MR) is 105 cm³/mol. The van der Waals surface area contributed by atoms with E-state index in [4.69, 9.17) is 9.47 Å². The summed E-state index contributed by atoms with van der Waals surface area (Å²) in [5.41, 5.74) is 3.48. The lowest BCUT2D eigenvalue weighted by molar-refractivity contribution is 0.0937. The van der Waals surface area contributed by atoms with E-state index >= 15 is 0 Å². The van der Waals surface area contributed by atoms with Crippen molar-refractivity contribution in [2.75, 3.05) is 14.2 Å². The van der Waals surface area contributed by atoms with E-state index in [-0.39, 0.29) is 11.9 Å². The van der Waals surface area contributed by atoms with Crippen LogP contribution in [0.15, 0.2) is 67.0 Å². The van der Waals surface area contributed by atoms with Crippen molar-refractivity contribution in [1.82, 2.24) is 10.3 Å². The van der Waals surface area contributed by atoms with Crippen molar-refractivity contribution in [3.63, 3.8) is 0 Å². The smallest absolute Gasteiger partial charge is 0.255 e. The number of aromatic nitrogens is 1. The minimum atomic E-state index is -0.184. The zero-order chi connectivity index (χ0) is 19.2. The van der Waals surface area contributed by atoms with E-state index in [1.54, 1.807) is 32.7 Å². The fraction of sp³-hybridized carbons (Fsp3) is 0.182. The Balaban J connectivity index is 1.79. The van der Waals surface area contributed by atoms with Crippen LogP contribution >= 0.6 is 0 Å². The third-order valence-corrected chi connectivity index (χ3v) is 4.42. The molecule has 0 aliphatic heterocycles. The van der Waals surface area contributed by atoms with Crippen LogP contribution in [0.4, 0.5) is 0 Å². The zero-order valence-corrected chi connectivity index (χ0v) is 15.6. The maximum atomic E-state index is 12.8. The summed E-state index contributed by atoms with van der Waals surface area (Å²) in [6.45, 7) is 1.94. The molecule has 0 saturated heterocycles. The molecular weight excluding hydrogens is 340 g/mol. The Morgan fingerprint density at radius 3 is 2.26 bits per heavy atom. The Morgan fingerprint density at radius 1 is 0.926 bits per heavy atom. The Bertz CT molecular complexity index is 909.